The molecule has 2 saturated heterocycles. The average molecular weight is 360 g/mol. The first-order chi connectivity index (χ1) is 10.0. The van der Waals surface area contributed by atoms with E-state index in [1.165, 1.54) is 44.9 Å². The van der Waals surface area contributed by atoms with Gasteiger partial charge in [-0.1, -0.05) is 35.2 Å². The van der Waals surface area contributed by atoms with Gasteiger partial charge in [-0.2, -0.15) is 0 Å². The van der Waals surface area contributed by atoms with E-state index in [9.17, 15) is 0 Å². The van der Waals surface area contributed by atoms with Gasteiger partial charge < -0.3 is 9.47 Å². The maximum absolute atomic E-state index is 6.54. The van der Waals surface area contributed by atoms with E-state index < -0.39 is 0 Å². The molecule has 2 aliphatic heterocycles. The second kappa shape index (κ2) is 6.46. The number of morpholine rings is 1. The first kappa shape index (κ1) is 16.2. The normalized spacial score (nSPS) is 36.1. The Morgan fingerprint density at radius 2 is 1.81 bits per heavy atom. The van der Waals surface area contributed by atoms with Crippen molar-refractivity contribution in [3.63, 3.8) is 0 Å². The van der Waals surface area contributed by atoms with Crippen molar-refractivity contribution in [2.45, 2.75) is 82.2 Å². The molecule has 21 heavy (non-hydrogen) atoms. The van der Waals surface area contributed by atoms with Gasteiger partial charge >= 0.3 is 0 Å². The lowest BCUT2D eigenvalue weighted by molar-refractivity contribution is -0.139. The Hall–Kier alpha value is 0.360. The summed E-state index contributed by atoms with van der Waals surface area (Å²) >= 11 is 3.58. The summed E-state index contributed by atoms with van der Waals surface area (Å²) in [5.41, 5.74) is 0.206. The van der Waals surface area contributed by atoms with Gasteiger partial charge in [-0.15, -0.1) is 0 Å². The highest BCUT2D eigenvalue weighted by atomic mass is 79.9. The molecule has 4 heteroatoms. The fourth-order valence-electron chi connectivity index (χ4n) is 4.51. The van der Waals surface area contributed by atoms with Crippen LogP contribution < -0.4 is 0 Å². The lowest BCUT2D eigenvalue weighted by Gasteiger charge is -2.43. The number of nitrogens with zero attached hydrogens (tertiary/aromatic N) is 1. The molecule has 2 atom stereocenters. The molecule has 2 unspecified atom stereocenters. The van der Waals surface area contributed by atoms with Gasteiger partial charge in [-0.05, 0) is 39.5 Å². The van der Waals surface area contributed by atoms with Crippen LogP contribution in [-0.4, -0.2) is 53.3 Å². The monoisotopic (exact) mass is 359 g/mol. The van der Waals surface area contributed by atoms with Crippen molar-refractivity contribution >= 4 is 15.9 Å². The molecule has 0 aromatic carbocycles. The largest absolute Gasteiger partial charge is 0.370 e. The van der Waals surface area contributed by atoms with Crippen molar-refractivity contribution in [1.29, 1.82) is 0 Å². The number of ether oxygens (including phenoxy) is 2. The minimum absolute atomic E-state index is 0.0438. The summed E-state index contributed by atoms with van der Waals surface area (Å²) < 4.78 is 12.6. The Morgan fingerprint density at radius 1 is 1.05 bits per heavy atom. The van der Waals surface area contributed by atoms with E-state index in [2.05, 4.69) is 34.7 Å². The molecule has 0 aromatic heterocycles. The van der Waals surface area contributed by atoms with Crippen molar-refractivity contribution < 1.29 is 9.47 Å². The minimum atomic E-state index is -0.0438. The predicted octanol–water partition coefficient (Wildman–Crippen LogP) is 3.74. The van der Waals surface area contributed by atoms with Gasteiger partial charge in [-0.3, -0.25) is 4.90 Å². The molecule has 2 heterocycles. The highest BCUT2D eigenvalue weighted by Crippen LogP contribution is 2.42. The molecular formula is C17H30BrNO2. The van der Waals surface area contributed by atoms with Crippen LogP contribution in [0.2, 0.25) is 0 Å². The van der Waals surface area contributed by atoms with Crippen molar-refractivity contribution in [3.8, 4) is 0 Å². The average Bonchev–Trinajstić information content (AvgIpc) is 2.80. The highest BCUT2D eigenvalue weighted by molar-refractivity contribution is 9.09. The predicted molar refractivity (Wildman–Crippen MR) is 89.1 cm³/mol. The Balaban J connectivity index is 1.54. The summed E-state index contributed by atoms with van der Waals surface area (Å²) in [7, 11) is 0. The molecule has 1 aliphatic carbocycles. The molecule has 0 N–H and O–H groups in total. The van der Waals surface area contributed by atoms with Crippen molar-refractivity contribution in [1.82, 2.24) is 4.90 Å². The molecule has 1 saturated carbocycles. The molecule has 3 fully saturated rings. The molecule has 0 aromatic rings. The SMILES string of the molecule is CC1(C)CN(CC2CCC3(CCCCC3)O2)CC(CBr)O1. The summed E-state index contributed by atoms with van der Waals surface area (Å²) in [5, 5.41) is 0.919. The molecule has 3 aliphatic rings. The summed E-state index contributed by atoms with van der Waals surface area (Å²) in [4.78, 5) is 2.56. The third-order valence-electron chi connectivity index (χ3n) is 5.29. The number of hydrogen-bond donors (Lipinski definition) is 0. The van der Waals surface area contributed by atoms with E-state index in [1.807, 2.05) is 0 Å². The standard InChI is InChI=1S/C17H30BrNO2/c1-16(2)13-19(12-15(10-18)20-16)11-14-6-9-17(21-14)7-4-3-5-8-17/h14-15H,3-13H2,1-2H3. The number of rotatable bonds is 3. The van der Waals surface area contributed by atoms with Gasteiger partial charge in [0, 0.05) is 25.0 Å². The number of halogens is 1. The van der Waals surface area contributed by atoms with Crippen LogP contribution >= 0.6 is 15.9 Å². The smallest absolute Gasteiger partial charge is 0.0806 e. The lowest BCUT2D eigenvalue weighted by atomic mass is 9.83. The Labute approximate surface area is 137 Å². The van der Waals surface area contributed by atoms with Gasteiger partial charge in [0.05, 0.1) is 23.4 Å². The molecule has 0 amide bonds. The third-order valence-corrected chi connectivity index (χ3v) is 6.01. The van der Waals surface area contributed by atoms with Gasteiger partial charge in [-0.25, -0.2) is 0 Å². The van der Waals surface area contributed by atoms with E-state index >= 15 is 0 Å². The quantitative estimate of drug-likeness (QED) is 0.716. The van der Waals surface area contributed by atoms with Crippen molar-refractivity contribution in [2.24, 2.45) is 0 Å². The van der Waals surface area contributed by atoms with Crippen LogP contribution in [0.15, 0.2) is 0 Å². The first-order valence-electron chi connectivity index (χ1n) is 8.64. The highest BCUT2D eigenvalue weighted by Gasteiger charge is 2.42. The maximum Gasteiger partial charge on any atom is 0.0806 e. The molecule has 3 nitrogen and oxygen atoms in total. The fraction of sp³-hybridized carbons (Fsp3) is 1.00. The minimum Gasteiger partial charge on any atom is -0.370 e. The summed E-state index contributed by atoms with van der Waals surface area (Å²) in [6.07, 6.45) is 9.99. The van der Waals surface area contributed by atoms with Crippen molar-refractivity contribution in [2.75, 3.05) is 25.0 Å². The third kappa shape index (κ3) is 4.01. The van der Waals surface area contributed by atoms with E-state index in [0.29, 0.717) is 12.2 Å². The van der Waals surface area contributed by atoms with Crippen LogP contribution in [0.25, 0.3) is 0 Å². The zero-order valence-corrected chi connectivity index (χ0v) is 15.2. The van der Waals surface area contributed by atoms with Gasteiger partial charge in [0.1, 0.15) is 0 Å². The molecular weight excluding hydrogens is 330 g/mol. The van der Waals surface area contributed by atoms with Gasteiger partial charge in [0.2, 0.25) is 0 Å². The van der Waals surface area contributed by atoms with Gasteiger partial charge in [0.25, 0.3) is 0 Å². The van der Waals surface area contributed by atoms with E-state index in [0.717, 1.165) is 25.0 Å². The zero-order valence-electron chi connectivity index (χ0n) is 13.6. The molecule has 0 radical (unpaired) electrons. The van der Waals surface area contributed by atoms with Crippen molar-refractivity contribution in [3.05, 3.63) is 0 Å². The Bertz CT molecular complexity index is 355. The second-order valence-electron chi connectivity index (χ2n) is 7.87. The second-order valence-corrected chi connectivity index (χ2v) is 8.52. The van der Waals surface area contributed by atoms with E-state index in [-0.39, 0.29) is 11.2 Å². The first-order valence-corrected chi connectivity index (χ1v) is 9.76. The van der Waals surface area contributed by atoms with E-state index in [4.69, 9.17) is 9.47 Å². The van der Waals surface area contributed by atoms with Gasteiger partial charge in [0.15, 0.2) is 0 Å². The van der Waals surface area contributed by atoms with E-state index in [1.54, 1.807) is 0 Å². The topological polar surface area (TPSA) is 21.7 Å². The zero-order chi connectivity index (χ0) is 14.9. The fourth-order valence-corrected chi connectivity index (χ4v) is 4.85. The van der Waals surface area contributed by atoms with Crippen LogP contribution in [-0.2, 0) is 9.47 Å². The lowest BCUT2D eigenvalue weighted by Crippen LogP contribution is -2.54. The number of hydrogen-bond acceptors (Lipinski definition) is 3. The van der Waals surface area contributed by atoms with Crippen LogP contribution in [0.5, 0.6) is 0 Å². The van der Waals surface area contributed by atoms with Crippen LogP contribution in [0.4, 0.5) is 0 Å². The van der Waals surface area contributed by atoms with Crippen LogP contribution in [0.1, 0.15) is 58.8 Å². The molecule has 1 spiro atoms. The Morgan fingerprint density at radius 3 is 2.52 bits per heavy atom. The van der Waals surface area contributed by atoms with Crippen LogP contribution in [0.3, 0.4) is 0 Å². The summed E-state index contributed by atoms with van der Waals surface area (Å²) in [6.45, 7) is 7.53. The van der Waals surface area contributed by atoms with Crippen LogP contribution in [0, 0.1) is 0 Å². The maximum atomic E-state index is 6.54. The number of alkyl halides is 1. The summed E-state index contributed by atoms with van der Waals surface area (Å²) in [6, 6.07) is 0. The Kier molecular flexibility index (Phi) is 4.99. The molecule has 122 valence electrons. The summed E-state index contributed by atoms with van der Waals surface area (Å²) in [5.74, 6) is 0. The molecule has 0 bridgehead atoms. The molecule has 3 rings (SSSR count).